The fourth-order valence-corrected chi connectivity index (χ4v) is 2.81. The van der Waals surface area contributed by atoms with Crippen LogP contribution in [0.25, 0.3) is 11.3 Å². The molecule has 94 valence electrons. The maximum absolute atomic E-state index is 12.2. The van der Waals surface area contributed by atoms with E-state index in [4.69, 9.17) is 9.15 Å². The second kappa shape index (κ2) is 4.96. The first-order chi connectivity index (χ1) is 8.84. The van der Waals surface area contributed by atoms with Crippen LogP contribution in [0.4, 0.5) is 0 Å². The molecule has 1 fully saturated rings. The van der Waals surface area contributed by atoms with Crippen molar-refractivity contribution in [3.63, 3.8) is 0 Å². The van der Waals surface area contributed by atoms with Crippen LogP contribution in [0.5, 0.6) is 0 Å². The van der Waals surface area contributed by atoms with Crippen LogP contribution in [-0.4, -0.2) is 37.1 Å². The smallest absolute Gasteiger partial charge is 0.264 e. The van der Waals surface area contributed by atoms with Crippen molar-refractivity contribution in [2.75, 3.05) is 26.3 Å². The van der Waals surface area contributed by atoms with Crippen LogP contribution in [0.2, 0.25) is 0 Å². The van der Waals surface area contributed by atoms with Crippen molar-refractivity contribution in [3.05, 3.63) is 34.7 Å². The zero-order valence-corrected chi connectivity index (χ0v) is 10.6. The molecule has 0 radical (unpaired) electrons. The van der Waals surface area contributed by atoms with Gasteiger partial charge in [-0.1, -0.05) is 0 Å². The minimum absolute atomic E-state index is 0.0844. The average molecular weight is 263 g/mol. The summed E-state index contributed by atoms with van der Waals surface area (Å²) in [6, 6.07) is 5.63. The molecular weight excluding hydrogens is 250 g/mol. The Kier molecular flexibility index (Phi) is 3.17. The van der Waals surface area contributed by atoms with E-state index in [1.165, 1.54) is 11.3 Å². The molecule has 5 heteroatoms. The van der Waals surface area contributed by atoms with Gasteiger partial charge in [0.25, 0.3) is 5.91 Å². The molecule has 4 nitrogen and oxygen atoms in total. The normalized spacial score (nSPS) is 15.9. The summed E-state index contributed by atoms with van der Waals surface area (Å²) in [6.45, 7) is 2.60. The average Bonchev–Trinajstić information content (AvgIpc) is 3.09. The van der Waals surface area contributed by atoms with Crippen LogP contribution in [0.1, 0.15) is 9.67 Å². The van der Waals surface area contributed by atoms with Gasteiger partial charge >= 0.3 is 0 Å². The fraction of sp³-hybridized carbons (Fsp3) is 0.308. The SMILES string of the molecule is O=C(c1cc(-c2ccco2)cs1)N1CCOCC1. The maximum atomic E-state index is 12.2. The lowest BCUT2D eigenvalue weighted by atomic mass is 10.2. The summed E-state index contributed by atoms with van der Waals surface area (Å²) < 4.78 is 10.6. The molecule has 0 bridgehead atoms. The van der Waals surface area contributed by atoms with Crippen LogP contribution < -0.4 is 0 Å². The lowest BCUT2D eigenvalue weighted by Crippen LogP contribution is -2.40. The molecule has 0 aliphatic carbocycles. The molecule has 3 rings (SSSR count). The van der Waals surface area contributed by atoms with Gasteiger partial charge in [-0.15, -0.1) is 11.3 Å². The van der Waals surface area contributed by atoms with Gasteiger partial charge in [-0.25, -0.2) is 0 Å². The predicted molar refractivity (Wildman–Crippen MR) is 68.7 cm³/mol. The quantitative estimate of drug-likeness (QED) is 0.836. The Morgan fingerprint density at radius 2 is 2.17 bits per heavy atom. The van der Waals surface area contributed by atoms with Gasteiger partial charge in [0.1, 0.15) is 5.76 Å². The first kappa shape index (κ1) is 11.5. The summed E-state index contributed by atoms with van der Waals surface area (Å²) in [4.78, 5) is 14.8. The Labute approximate surface area is 109 Å². The van der Waals surface area contributed by atoms with E-state index >= 15 is 0 Å². The number of thiophene rings is 1. The molecular formula is C13H13NO3S. The number of nitrogens with zero attached hydrogens (tertiary/aromatic N) is 1. The zero-order valence-electron chi connectivity index (χ0n) is 9.80. The Hall–Kier alpha value is -1.59. The number of ether oxygens (including phenoxy) is 1. The summed E-state index contributed by atoms with van der Waals surface area (Å²) in [5, 5.41) is 1.95. The Morgan fingerprint density at radius 3 is 2.89 bits per heavy atom. The van der Waals surface area contributed by atoms with E-state index in [2.05, 4.69) is 0 Å². The molecule has 1 aliphatic rings. The molecule has 2 aromatic heterocycles. The van der Waals surface area contributed by atoms with Crippen molar-refractivity contribution < 1.29 is 13.9 Å². The molecule has 0 atom stereocenters. The van der Waals surface area contributed by atoms with E-state index in [1.54, 1.807) is 6.26 Å². The Bertz CT molecular complexity index is 526. The van der Waals surface area contributed by atoms with Crippen molar-refractivity contribution in [1.82, 2.24) is 4.90 Å². The van der Waals surface area contributed by atoms with Gasteiger partial charge in [0.2, 0.25) is 0 Å². The van der Waals surface area contributed by atoms with Gasteiger partial charge in [-0.2, -0.15) is 0 Å². The van der Waals surface area contributed by atoms with E-state index in [0.29, 0.717) is 26.3 Å². The van der Waals surface area contributed by atoms with Gasteiger partial charge in [0.05, 0.1) is 24.4 Å². The van der Waals surface area contributed by atoms with Crippen molar-refractivity contribution in [3.8, 4) is 11.3 Å². The number of rotatable bonds is 2. The number of hydrogen-bond acceptors (Lipinski definition) is 4. The Morgan fingerprint density at radius 1 is 1.33 bits per heavy atom. The van der Waals surface area contributed by atoms with Gasteiger partial charge in [0.15, 0.2) is 0 Å². The maximum Gasteiger partial charge on any atom is 0.264 e. The van der Waals surface area contributed by atoms with Gasteiger partial charge < -0.3 is 14.1 Å². The monoisotopic (exact) mass is 263 g/mol. The van der Waals surface area contributed by atoms with E-state index in [0.717, 1.165) is 16.2 Å². The highest BCUT2D eigenvalue weighted by Gasteiger charge is 2.20. The van der Waals surface area contributed by atoms with Gasteiger partial charge in [-0.05, 0) is 18.2 Å². The summed E-state index contributed by atoms with van der Waals surface area (Å²) in [5.41, 5.74) is 0.960. The molecule has 0 saturated carbocycles. The van der Waals surface area contributed by atoms with Crippen molar-refractivity contribution >= 4 is 17.2 Å². The third-order valence-electron chi connectivity index (χ3n) is 2.91. The number of carbonyl (C=O) groups is 1. The molecule has 3 heterocycles. The first-order valence-electron chi connectivity index (χ1n) is 5.84. The van der Waals surface area contributed by atoms with E-state index in [-0.39, 0.29) is 5.91 Å². The topological polar surface area (TPSA) is 42.7 Å². The molecule has 1 amide bonds. The van der Waals surface area contributed by atoms with Gasteiger partial charge in [0, 0.05) is 24.0 Å². The molecule has 2 aromatic rings. The minimum Gasteiger partial charge on any atom is -0.464 e. The molecule has 1 saturated heterocycles. The van der Waals surface area contributed by atoms with Gasteiger partial charge in [-0.3, -0.25) is 4.79 Å². The lowest BCUT2D eigenvalue weighted by Gasteiger charge is -2.26. The number of hydrogen-bond donors (Lipinski definition) is 0. The molecule has 1 aliphatic heterocycles. The zero-order chi connectivity index (χ0) is 12.4. The highest BCUT2D eigenvalue weighted by molar-refractivity contribution is 7.12. The van der Waals surface area contributed by atoms with E-state index in [1.807, 2.05) is 28.5 Å². The number of carbonyl (C=O) groups excluding carboxylic acids is 1. The lowest BCUT2D eigenvalue weighted by molar-refractivity contribution is 0.0306. The molecule has 0 spiro atoms. The largest absolute Gasteiger partial charge is 0.464 e. The number of morpholine rings is 1. The number of amides is 1. The fourth-order valence-electron chi connectivity index (χ4n) is 1.94. The summed E-state index contributed by atoms with van der Waals surface area (Å²) >= 11 is 1.46. The minimum atomic E-state index is 0.0844. The van der Waals surface area contributed by atoms with Crippen LogP contribution in [0, 0.1) is 0 Å². The molecule has 0 aromatic carbocycles. The molecule has 0 unspecified atom stereocenters. The standard InChI is InChI=1S/C13H13NO3S/c15-13(14-3-6-16-7-4-14)12-8-10(9-18-12)11-2-1-5-17-11/h1-2,5,8-9H,3-4,6-7H2. The summed E-state index contributed by atoms with van der Waals surface area (Å²) in [6.07, 6.45) is 1.64. The van der Waals surface area contributed by atoms with Crippen molar-refractivity contribution in [2.45, 2.75) is 0 Å². The van der Waals surface area contributed by atoms with E-state index in [9.17, 15) is 4.79 Å². The van der Waals surface area contributed by atoms with Crippen molar-refractivity contribution in [1.29, 1.82) is 0 Å². The third kappa shape index (κ3) is 2.19. The predicted octanol–water partition coefficient (Wildman–Crippen LogP) is 2.48. The van der Waals surface area contributed by atoms with Crippen LogP contribution in [0.3, 0.4) is 0 Å². The number of furan rings is 1. The molecule has 0 N–H and O–H groups in total. The highest BCUT2D eigenvalue weighted by Crippen LogP contribution is 2.26. The second-order valence-electron chi connectivity index (χ2n) is 4.08. The summed E-state index contributed by atoms with van der Waals surface area (Å²) in [7, 11) is 0. The van der Waals surface area contributed by atoms with Crippen LogP contribution in [-0.2, 0) is 4.74 Å². The second-order valence-corrected chi connectivity index (χ2v) is 4.99. The Balaban J connectivity index is 1.78. The van der Waals surface area contributed by atoms with E-state index < -0.39 is 0 Å². The summed E-state index contributed by atoms with van der Waals surface area (Å²) in [5.74, 6) is 0.883. The van der Waals surface area contributed by atoms with Crippen LogP contribution >= 0.6 is 11.3 Å². The first-order valence-corrected chi connectivity index (χ1v) is 6.72. The third-order valence-corrected chi connectivity index (χ3v) is 3.83. The van der Waals surface area contributed by atoms with Crippen LogP contribution in [0.15, 0.2) is 34.3 Å². The molecule has 18 heavy (non-hydrogen) atoms. The highest BCUT2D eigenvalue weighted by atomic mass is 32.1. The van der Waals surface area contributed by atoms with Crippen molar-refractivity contribution in [2.24, 2.45) is 0 Å².